The van der Waals surface area contributed by atoms with Gasteiger partial charge in [-0.25, -0.2) is 0 Å². The zero-order valence-corrected chi connectivity index (χ0v) is 11.5. The lowest BCUT2D eigenvalue weighted by atomic mass is 10.2. The molecule has 1 rings (SSSR count). The van der Waals surface area contributed by atoms with E-state index in [2.05, 4.69) is 5.32 Å². The predicted octanol–water partition coefficient (Wildman–Crippen LogP) is 1.36. The van der Waals surface area contributed by atoms with E-state index in [4.69, 9.17) is 16.7 Å². The molecular weight excluding hydrogens is 268 g/mol. The minimum atomic E-state index is -1.05. The normalized spacial score (nSPS) is 10.5. The maximum absolute atomic E-state index is 11.5. The van der Waals surface area contributed by atoms with E-state index in [1.807, 2.05) is 30.0 Å². The lowest BCUT2D eigenvalue weighted by Gasteiger charge is -2.19. The van der Waals surface area contributed by atoms with Gasteiger partial charge in [0, 0.05) is 11.6 Å². The molecule has 0 saturated carbocycles. The molecule has 0 aliphatic rings. The molecule has 0 spiro atoms. The van der Waals surface area contributed by atoms with Gasteiger partial charge in [-0.05, 0) is 24.2 Å². The maximum Gasteiger partial charge on any atom is 0.322 e. The molecule has 6 heteroatoms. The highest BCUT2D eigenvalue weighted by Gasteiger charge is 2.10. The number of rotatable bonds is 7. The zero-order chi connectivity index (χ0) is 14.3. The molecular formula is C13H17ClN2O3. The number of amides is 1. The standard InChI is InChI=1S/C13H17ClN2O3/c1-2-16(9-12(17)15-7-13(18)19)8-10-4-3-5-11(14)6-10/h3-6H,2,7-9H2,1H3,(H,15,17)(H,18,19). The second-order valence-corrected chi connectivity index (χ2v) is 4.54. The summed E-state index contributed by atoms with van der Waals surface area (Å²) >= 11 is 5.90. The number of halogens is 1. The second kappa shape index (κ2) is 7.76. The van der Waals surface area contributed by atoms with Crippen LogP contribution in [0.25, 0.3) is 0 Å². The summed E-state index contributed by atoms with van der Waals surface area (Å²) in [7, 11) is 0. The third-order valence-corrected chi connectivity index (χ3v) is 2.78. The third kappa shape index (κ3) is 6.22. The molecule has 104 valence electrons. The Bertz CT molecular complexity index is 451. The lowest BCUT2D eigenvalue weighted by molar-refractivity contribution is -0.138. The summed E-state index contributed by atoms with van der Waals surface area (Å²) in [6.45, 7) is 3.03. The zero-order valence-electron chi connectivity index (χ0n) is 10.7. The van der Waals surface area contributed by atoms with Gasteiger partial charge in [0.25, 0.3) is 0 Å². The number of nitrogens with zero attached hydrogens (tertiary/aromatic N) is 1. The van der Waals surface area contributed by atoms with Gasteiger partial charge in [0.15, 0.2) is 0 Å². The number of carbonyl (C=O) groups is 2. The van der Waals surface area contributed by atoms with Crippen LogP contribution >= 0.6 is 11.6 Å². The van der Waals surface area contributed by atoms with Gasteiger partial charge in [-0.15, -0.1) is 0 Å². The van der Waals surface area contributed by atoms with Crippen LogP contribution in [0.1, 0.15) is 12.5 Å². The molecule has 0 bridgehead atoms. The first-order chi connectivity index (χ1) is 9.01. The molecule has 0 unspecified atom stereocenters. The highest BCUT2D eigenvalue weighted by atomic mass is 35.5. The SMILES string of the molecule is CCN(CC(=O)NCC(=O)O)Cc1cccc(Cl)c1. The molecule has 5 nitrogen and oxygen atoms in total. The predicted molar refractivity (Wildman–Crippen MR) is 73.0 cm³/mol. The Morgan fingerprint density at radius 1 is 1.42 bits per heavy atom. The van der Waals surface area contributed by atoms with Crippen LogP contribution in [0.2, 0.25) is 5.02 Å². The van der Waals surface area contributed by atoms with Crippen molar-refractivity contribution in [2.45, 2.75) is 13.5 Å². The van der Waals surface area contributed by atoms with E-state index in [0.29, 0.717) is 18.1 Å². The van der Waals surface area contributed by atoms with Crippen molar-refractivity contribution in [3.05, 3.63) is 34.9 Å². The fourth-order valence-electron chi connectivity index (χ4n) is 1.61. The average molecular weight is 285 g/mol. The van der Waals surface area contributed by atoms with Gasteiger partial charge in [0.1, 0.15) is 6.54 Å². The van der Waals surface area contributed by atoms with Gasteiger partial charge < -0.3 is 10.4 Å². The van der Waals surface area contributed by atoms with Crippen molar-refractivity contribution in [2.75, 3.05) is 19.6 Å². The van der Waals surface area contributed by atoms with E-state index in [0.717, 1.165) is 5.56 Å². The van der Waals surface area contributed by atoms with Crippen LogP contribution in [0.3, 0.4) is 0 Å². The summed E-state index contributed by atoms with van der Waals surface area (Å²) < 4.78 is 0. The number of carboxylic acids is 1. The summed E-state index contributed by atoms with van der Waals surface area (Å²) in [5, 5.41) is 11.5. The number of benzene rings is 1. The number of aliphatic carboxylic acids is 1. The summed E-state index contributed by atoms with van der Waals surface area (Å²) in [6, 6.07) is 7.43. The van der Waals surface area contributed by atoms with Gasteiger partial charge in [-0.1, -0.05) is 30.7 Å². The van der Waals surface area contributed by atoms with E-state index in [1.54, 1.807) is 6.07 Å². The maximum atomic E-state index is 11.5. The first kappa shape index (κ1) is 15.5. The number of hydrogen-bond acceptors (Lipinski definition) is 3. The highest BCUT2D eigenvalue weighted by Crippen LogP contribution is 2.12. The first-order valence-corrected chi connectivity index (χ1v) is 6.34. The van der Waals surface area contributed by atoms with Gasteiger partial charge in [0.2, 0.25) is 5.91 Å². The molecule has 1 amide bonds. The second-order valence-electron chi connectivity index (χ2n) is 4.10. The van der Waals surface area contributed by atoms with Crippen molar-refractivity contribution in [1.82, 2.24) is 10.2 Å². The average Bonchev–Trinajstić information content (AvgIpc) is 2.35. The summed E-state index contributed by atoms with van der Waals surface area (Å²) in [6.07, 6.45) is 0. The van der Waals surface area contributed by atoms with Crippen LogP contribution in [0.4, 0.5) is 0 Å². The summed E-state index contributed by atoms with van der Waals surface area (Å²) in [4.78, 5) is 23.8. The number of hydrogen-bond donors (Lipinski definition) is 2. The summed E-state index contributed by atoms with van der Waals surface area (Å²) in [5.41, 5.74) is 1.01. The van der Waals surface area contributed by atoms with Gasteiger partial charge in [0.05, 0.1) is 6.54 Å². The van der Waals surface area contributed by atoms with Crippen LogP contribution in [-0.2, 0) is 16.1 Å². The fourth-order valence-corrected chi connectivity index (χ4v) is 1.82. The Morgan fingerprint density at radius 3 is 2.74 bits per heavy atom. The van der Waals surface area contributed by atoms with Crippen LogP contribution in [0, 0.1) is 0 Å². The number of nitrogens with one attached hydrogen (secondary N) is 1. The topological polar surface area (TPSA) is 69.6 Å². The van der Waals surface area contributed by atoms with Crippen molar-refractivity contribution in [3.63, 3.8) is 0 Å². The molecule has 0 radical (unpaired) electrons. The minimum absolute atomic E-state index is 0.163. The molecule has 0 aliphatic heterocycles. The van der Waals surface area contributed by atoms with Crippen molar-refractivity contribution in [1.29, 1.82) is 0 Å². The Kier molecular flexibility index (Phi) is 6.32. The van der Waals surface area contributed by atoms with Gasteiger partial charge in [-0.2, -0.15) is 0 Å². The van der Waals surface area contributed by atoms with Crippen LogP contribution in [0.15, 0.2) is 24.3 Å². The minimum Gasteiger partial charge on any atom is -0.480 e. The molecule has 0 aromatic heterocycles. The third-order valence-electron chi connectivity index (χ3n) is 2.55. The Balaban J connectivity index is 2.49. The molecule has 1 aromatic carbocycles. The van der Waals surface area contributed by atoms with Gasteiger partial charge in [-0.3, -0.25) is 14.5 Å². The number of carbonyl (C=O) groups excluding carboxylic acids is 1. The van der Waals surface area contributed by atoms with E-state index in [1.165, 1.54) is 0 Å². The van der Waals surface area contributed by atoms with Crippen molar-refractivity contribution >= 4 is 23.5 Å². The molecule has 0 atom stereocenters. The molecule has 2 N–H and O–H groups in total. The van der Waals surface area contributed by atoms with Crippen LogP contribution in [-0.4, -0.2) is 41.5 Å². The van der Waals surface area contributed by atoms with E-state index >= 15 is 0 Å². The number of likely N-dealkylation sites (N-methyl/N-ethyl adjacent to an activating group) is 1. The van der Waals surface area contributed by atoms with Crippen LogP contribution < -0.4 is 5.32 Å². The molecule has 0 heterocycles. The van der Waals surface area contributed by atoms with Crippen molar-refractivity contribution < 1.29 is 14.7 Å². The van der Waals surface area contributed by atoms with Gasteiger partial charge >= 0.3 is 5.97 Å². The highest BCUT2D eigenvalue weighted by molar-refractivity contribution is 6.30. The first-order valence-electron chi connectivity index (χ1n) is 5.96. The van der Waals surface area contributed by atoms with Crippen molar-refractivity contribution in [3.8, 4) is 0 Å². The number of carboxylic acid groups (broad SMARTS) is 1. The molecule has 0 saturated heterocycles. The van der Waals surface area contributed by atoms with Crippen LogP contribution in [0.5, 0.6) is 0 Å². The monoisotopic (exact) mass is 284 g/mol. The van der Waals surface area contributed by atoms with E-state index in [-0.39, 0.29) is 19.0 Å². The Labute approximate surface area is 117 Å². The molecule has 0 fully saturated rings. The Morgan fingerprint density at radius 2 is 2.16 bits per heavy atom. The Hall–Kier alpha value is -1.59. The lowest BCUT2D eigenvalue weighted by Crippen LogP contribution is -2.38. The summed E-state index contributed by atoms with van der Waals surface area (Å²) in [5.74, 6) is -1.35. The van der Waals surface area contributed by atoms with E-state index < -0.39 is 5.97 Å². The largest absolute Gasteiger partial charge is 0.480 e. The fraction of sp³-hybridized carbons (Fsp3) is 0.385. The van der Waals surface area contributed by atoms with E-state index in [9.17, 15) is 9.59 Å². The molecule has 0 aliphatic carbocycles. The van der Waals surface area contributed by atoms with Crippen molar-refractivity contribution in [2.24, 2.45) is 0 Å². The molecule has 19 heavy (non-hydrogen) atoms. The smallest absolute Gasteiger partial charge is 0.322 e. The molecule has 1 aromatic rings. The quantitative estimate of drug-likeness (QED) is 0.793.